The molecule has 1 aliphatic carbocycles. The molecule has 0 spiro atoms. The lowest BCUT2D eigenvalue weighted by Crippen LogP contribution is -2.33. The van der Waals surface area contributed by atoms with Gasteiger partial charge in [-0.15, -0.1) is 0 Å². The van der Waals surface area contributed by atoms with Crippen LogP contribution in [0, 0.1) is 17.8 Å². The van der Waals surface area contributed by atoms with Crippen molar-refractivity contribution in [3.8, 4) is 0 Å². The van der Waals surface area contributed by atoms with E-state index in [-0.39, 0.29) is 29.5 Å². The van der Waals surface area contributed by atoms with Crippen LogP contribution in [0.3, 0.4) is 0 Å². The van der Waals surface area contributed by atoms with Crippen molar-refractivity contribution < 1.29 is 14.3 Å². The molecular weight excluding hydrogens is 204 g/mol. The number of carbonyl (C=O) groups is 2. The number of esters is 1. The molecular formula is C13H20O3. The fraction of sp³-hybridized carbons (Fsp3) is 0.692. The molecule has 1 rings (SSSR count). The zero-order valence-electron chi connectivity index (χ0n) is 10.3. The van der Waals surface area contributed by atoms with Gasteiger partial charge in [-0.1, -0.05) is 19.1 Å². The molecule has 3 atom stereocenters. The van der Waals surface area contributed by atoms with E-state index in [1.54, 1.807) is 0 Å². The van der Waals surface area contributed by atoms with Gasteiger partial charge in [-0.05, 0) is 25.2 Å². The second-order valence-corrected chi connectivity index (χ2v) is 4.78. The topological polar surface area (TPSA) is 43.4 Å². The quantitative estimate of drug-likeness (QED) is 0.546. The van der Waals surface area contributed by atoms with Crippen LogP contribution in [0.4, 0.5) is 0 Å². The highest BCUT2D eigenvalue weighted by atomic mass is 16.5. The van der Waals surface area contributed by atoms with Gasteiger partial charge in [0.25, 0.3) is 0 Å². The summed E-state index contributed by atoms with van der Waals surface area (Å²) in [4.78, 5) is 23.0. The summed E-state index contributed by atoms with van der Waals surface area (Å²) >= 11 is 0. The van der Waals surface area contributed by atoms with Gasteiger partial charge in [0.15, 0.2) is 0 Å². The maximum atomic E-state index is 11.8. The van der Waals surface area contributed by atoms with E-state index in [0.717, 1.165) is 12.0 Å². The first-order valence-corrected chi connectivity index (χ1v) is 5.70. The van der Waals surface area contributed by atoms with Crippen LogP contribution in [0.25, 0.3) is 0 Å². The number of hydrogen-bond donors (Lipinski definition) is 0. The molecule has 16 heavy (non-hydrogen) atoms. The van der Waals surface area contributed by atoms with Crippen molar-refractivity contribution in [2.75, 3.05) is 7.11 Å². The van der Waals surface area contributed by atoms with Crippen molar-refractivity contribution in [1.29, 1.82) is 0 Å². The molecule has 0 radical (unpaired) electrons. The van der Waals surface area contributed by atoms with Crippen molar-refractivity contribution in [3.63, 3.8) is 0 Å². The number of rotatable bonds is 3. The summed E-state index contributed by atoms with van der Waals surface area (Å²) in [5.41, 5.74) is 1.04. The zero-order valence-corrected chi connectivity index (χ0v) is 10.3. The number of methoxy groups -OCH3 is 1. The Morgan fingerprint density at radius 3 is 2.69 bits per heavy atom. The fourth-order valence-electron chi connectivity index (χ4n) is 2.28. The Balaban J connectivity index is 2.70. The molecule has 1 fully saturated rings. The van der Waals surface area contributed by atoms with Crippen molar-refractivity contribution in [2.45, 2.75) is 33.1 Å². The lowest BCUT2D eigenvalue weighted by molar-refractivity contribution is -0.143. The van der Waals surface area contributed by atoms with Crippen LogP contribution in [0.1, 0.15) is 33.1 Å². The number of hydrogen-bond acceptors (Lipinski definition) is 3. The van der Waals surface area contributed by atoms with Crippen LogP contribution in [-0.2, 0) is 14.3 Å². The molecule has 0 aliphatic heterocycles. The second kappa shape index (κ2) is 5.28. The summed E-state index contributed by atoms with van der Waals surface area (Å²) in [5.74, 6) is 0.323. The van der Waals surface area contributed by atoms with E-state index in [2.05, 4.69) is 11.3 Å². The smallest absolute Gasteiger partial charge is 0.305 e. The maximum absolute atomic E-state index is 11.8. The average Bonchev–Trinajstić information content (AvgIpc) is 2.23. The molecule has 1 aliphatic rings. The molecule has 1 saturated carbocycles. The highest BCUT2D eigenvalue weighted by Crippen LogP contribution is 2.36. The maximum Gasteiger partial charge on any atom is 0.305 e. The third kappa shape index (κ3) is 2.94. The first-order chi connectivity index (χ1) is 7.45. The van der Waals surface area contributed by atoms with E-state index < -0.39 is 0 Å². The van der Waals surface area contributed by atoms with Crippen LogP contribution in [0.2, 0.25) is 0 Å². The molecule has 0 heterocycles. The van der Waals surface area contributed by atoms with Crippen LogP contribution >= 0.6 is 0 Å². The summed E-state index contributed by atoms with van der Waals surface area (Å²) in [6.07, 6.45) is 1.79. The molecule has 0 aromatic heterocycles. The average molecular weight is 224 g/mol. The van der Waals surface area contributed by atoms with E-state index in [4.69, 9.17) is 0 Å². The SMILES string of the molecule is C=C(C)[C@H]1CC(=O)[C@H](C)[C@H](CC(=O)OC)C1. The number of allylic oxidation sites excluding steroid dienone is 1. The van der Waals surface area contributed by atoms with Crippen molar-refractivity contribution in [1.82, 2.24) is 0 Å². The Morgan fingerprint density at radius 2 is 2.19 bits per heavy atom. The molecule has 0 bridgehead atoms. The summed E-state index contributed by atoms with van der Waals surface area (Å²) in [5, 5.41) is 0. The van der Waals surface area contributed by atoms with E-state index in [1.165, 1.54) is 7.11 Å². The largest absolute Gasteiger partial charge is 0.469 e. The first-order valence-electron chi connectivity index (χ1n) is 5.70. The van der Waals surface area contributed by atoms with E-state index in [1.807, 2.05) is 13.8 Å². The molecule has 0 N–H and O–H groups in total. The van der Waals surface area contributed by atoms with E-state index in [0.29, 0.717) is 12.8 Å². The van der Waals surface area contributed by atoms with Gasteiger partial charge in [-0.3, -0.25) is 9.59 Å². The summed E-state index contributed by atoms with van der Waals surface area (Å²) in [7, 11) is 1.38. The molecule has 3 heteroatoms. The van der Waals surface area contributed by atoms with Gasteiger partial charge in [0.2, 0.25) is 0 Å². The van der Waals surface area contributed by atoms with Gasteiger partial charge in [0, 0.05) is 18.8 Å². The predicted octanol–water partition coefficient (Wildman–Crippen LogP) is 2.36. The standard InChI is InChI=1S/C13H20O3/c1-8(2)10-5-11(7-13(15)16-4)9(3)12(14)6-10/h9-11H,1,5-7H2,2-4H3/t9-,10-,11+/m1/s1. The third-order valence-electron chi connectivity index (χ3n) is 3.60. The van der Waals surface area contributed by atoms with Crippen LogP contribution in [-0.4, -0.2) is 18.9 Å². The highest BCUT2D eigenvalue weighted by Gasteiger charge is 2.35. The molecule has 0 amide bonds. The Bertz CT molecular complexity index is 306. The van der Waals surface area contributed by atoms with Crippen LogP contribution in [0.5, 0.6) is 0 Å². The lowest BCUT2D eigenvalue weighted by atomic mass is 9.71. The summed E-state index contributed by atoms with van der Waals surface area (Å²) in [6.45, 7) is 7.76. The molecule has 0 aromatic carbocycles. The Labute approximate surface area is 96.9 Å². The van der Waals surface area contributed by atoms with Gasteiger partial charge < -0.3 is 4.74 Å². The van der Waals surface area contributed by atoms with Gasteiger partial charge in [0.05, 0.1) is 7.11 Å². The van der Waals surface area contributed by atoms with E-state index >= 15 is 0 Å². The van der Waals surface area contributed by atoms with Gasteiger partial charge in [-0.25, -0.2) is 0 Å². The monoisotopic (exact) mass is 224 g/mol. The van der Waals surface area contributed by atoms with Gasteiger partial charge in [0.1, 0.15) is 5.78 Å². The van der Waals surface area contributed by atoms with Crippen LogP contribution in [0.15, 0.2) is 12.2 Å². The Kier molecular flexibility index (Phi) is 4.27. The fourth-order valence-corrected chi connectivity index (χ4v) is 2.28. The van der Waals surface area contributed by atoms with Crippen LogP contribution < -0.4 is 0 Å². The molecule has 0 aromatic rings. The summed E-state index contributed by atoms with van der Waals surface area (Å²) < 4.78 is 4.66. The zero-order chi connectivity index (χ0) is 12.3. The van der Waals surface area contributed by atoms with Crippen molar-refractivity contribution in [3.05, 3.63) is 12.2 Å². The molecule has 90 valence electrons. The lowest BCUT2D eigenvalue weighted by Gasteiger charge is -2.32. The normalized spacial score (nSPS) is 29.9. The number of carbonyl (C=O) groups excluding carboxylic acids is 2. The van der Waals surface area contributed by atoms with Crippen molar-refractivity contribution in [2.24, 2.45) is 17.8 Å². The number of Topliss-reactive ketones (excluding diaryl/α,β-unsaturated/α-hetero) is 1. The Hall–Kier alpha value is -1.12. The summed E-state index contributed by atoms with van der Waals surface area (Å²) in [6, 6.07) is 0. The minimum absolute atomic E-state index is 0.0327. The minimum Gasteiger partial charge on any atom is -0.469 e. The molecule has 0 saturated heterocycles. The number of ether oxygens (including phenoxy) is 1. The first kappa shape index (κ1) is 12.9. The predicted molar refractivity (Wildman–Crippen MR) is 61.8 cm³/mol. The molecule has 0 unspecified atom stereocenters. The Morgan fingerprint density at radius 1 is 1.56 bits per heavy atom. The second-order valence-electron chi connectivity index (χ2n) is 4.78. The highest BCUT2D eigenvalue weighted by molar-refractivity contribution is 5.83. The van der Waals surface area contributed by atoms with E-state index in [9.17, 15) is 9.59 Å². The molecule has 3 nitrogen and oxygen atoms in total. The van der Waals surface area contributed by atoms with Gasteiger partial charge in [-0.2, -0.15) is 0 Å². The minimum atomic E-state index is -0.230. The third-order valence-corrected chi connectivity index (χ3v) is 3.60. The number of ketones is 1. The van der Waals surface area contributed by atoms with Crippen molar-refractivity contribution >= 4 is 11.8 Å². The van der Waals surface area contributed by atoms with Gasteiger partial charge >= 0.3 is 5.97 Å².